The quantitative estimate of drug-likeness (QED) is 0.686. The second-order valence-corrected chi connectivity index (χ2v) is 11.4. The van der Waals surface area contributed by atoms with E-state index in [0.717, 1.165) is 0 Å². The van der Waals surface area contributed by atoms with Crippen LogP contribution in [0.1, 0.15) is 60.8 Å². The van der Waals surface area contributed by atoms with Crippen LogP contribution in [-0.4, -0.2) is 44.6 Å². The Morgan fingerprint density at radius 2 is 1.72 bits per heavy atom. The third-order valence-electron chi connectivity index (χ3n) is 4.20. The van der Waals surface area contributed by atoms with E-state index in [1.807, 2.05) is 20.8 Å². The van der Waals surface area contributed by atoms with E-state index in [1.165, 1.54) is 0 Å². The van der Waals surface area contributed by atoms with Gasteiger partial charge in [0.05, 0.1) is 17.4 Å². The first kappa shape index (κ1) is 21.9. The van der Waals surface area contributed by atoms with Crippen LogP contribution in [0, 0.1) is 16.7 Å². The van der Waals surface area contributed by atoms with Crippen molar-refractivity contribution >= 4 is 21.8 Å². The first-order valence-corrected chi connectivity index (χ1v) is 10.6. The molecule has 2 unspecified atom stereocenters. The molecule has 0 aromatic rings. The van der Waals surface area contributed by atoms with E-state index in [9.17, 15) is 18.0 Å². The van der Waals surface area contributed by atoms with E-state index in [0.29, 0.717) is 19.3 Å². The summed E-state index contributed by atoms with van der Waals surface area (Å²) in [6.07, 6.45) is 1.01. The smallest absolute Gasteiger partial charge is 0.344 e. The van der Waals surface area contributed by atoms with Gasteiger partial charge in [0.25, 0.3) is 0 Å². The zero-order chi connectivity index (χ0) is 19.5. The van der Waals surface area contributed by atoms with Gasteiger partial charge in [0, 0.05) is 0 Å². The Bertz CT molecular complexity index is 580. The van der Waals surface area contributed by atoms with Crippen LogP contribution in [0.15, 0.2) is 0 Å². The highest BCUT2D eigenvalue weighted by molar-refractivity contribution is 7.91. The molecule has 0 radical (unpaired) electrons. The Labute approximate surface area is 151 Å². The minimum Gasteiger partial charge on any atom is -0.459 e. The molecule has 7 heteroatoms. The summed E-state index contributed by atoms with van der Waals surface area (Å²) in [6, 6.07) is 0. The fraction of sp³-hybridized carbons (Fsp3) is 0.889. The highest BCUT2D eigenvalue weighted by Gasteiger charge is 2.36. The van der Waals surface area contributed by atoms with Crippen LogP contribution >= 0.6 is 0 Å². The molecule has 0 saturated carbocycles. The van der Waals surface area contributed by atoms with Gasteiger partial charge in [0.2, 0.25) is 0 Å². The van der Waals surface area contributed by atoms with Gasteiger partial charge in [-0.25, -0.2) is 13.2 Å². The lowest BCUT2D eigenvalue weighted by Crippen LogP contribution is -2.36. The Hall–Kier alpha value is -1.11. The summed E-state index contributed by atoms with van der Waals surface area (Å²) in [5.74, 6) is -1.47. The average molecular weight is 377 g/mol. The predicted molar refractivity (Wildman–Crippen MR) is 95.7 cm³/mol. The lowest BCUT2D eigenvalue weighted by molar-refractivity contribution is -0.166. The molecular weight excluding hydrogens is 344 g/mol. The first-order chi connectivity index (χ1) is 11.2. The average Bonchev–Trinajstić information content (AvgIpc) is 2.39. The summed E-state index contributed by atoms with van der Waals surface area (Å²) in [4.78, 5) is 24.3. The van der Waals surface area contributed by atoms with Crippen LogP contribution in [0.25, 0.3) is 0 Å². The normalized spacial score (nSPS) is 22.1. The Balaban J connectivity index is 2.56. The maximum atomic E-state index is 12.4. The van der Waals surface area contributed by atoms with Crippen molar-refractivity contribution < 1.29 is 27.5 Å². The first-order valence-electron chi connectivity index (χ1n) is 8.76. The minimum atomic E-state index is -3.15. The predicted octanol–water partition coefficient (Wildman–Crippen LogP) is 2.75. The fourth-order valence-electron chi connectivity index (χ4n) is 2.88. The standard InChI is InChI=1S/C18H32O6S/c1-17(2,3)10-14(18(4,5)6)16(20)23-11-15(19)24-13-8-7-9-25(21,22)12-13/h13-14H,7-12H2,1-6H3. The molecule has 1 saturated heterocycles. The Morgan fingerprint density at radius 1 is 1.12 bits per heavy atom. The molecular formula is C18H32O6S. The lowest BCUT2D eigenvalue weighted by atomic mass is 9.72. The van der Waals surface area contributed by atoms with Gasteiger partial charge < -0.3 is 9.47 Å². The molecule has 1 heterocycles. The molecule has 1 fully saturated rings. The number of hydrogen-bond donors (Lipinski definition) is 0. The monoisotopic (exact) mass is 376 g/mol. The van der Waals surface area contributed by atoms with Gasteiger partial charge in [0.15, 0.2) is 16.4 Å². The van der Waals surface area contributed by atoms with Crippen molar-refractivity contribution in [2.75, 3.05) is 18.1 Å². The summed E-state index contributed by atoms with van der Waals surface area (Å²) in [5, 5.41) is 0. The summed E-state index contributed by atoms with van der Waals surface area (Å²) >= 11 is 0. The highest BCUT2D eigenvalue weighted by atomic mass is 32.2. The van der Waals surface area contributed by atoms with Crippen molar-refractivity contribution in [2.45, 2.75) is 66.9 Å². The zero-order valence-corrected chi connectivity index (χ0v) is 17.1. The van der Waals surface area contributed by atoms with Crippen LogP contribution in [0.3, 0.4) is 0 Å². The van der Waals surface area contributed by atoms with Gasteiger partial charge in [-0.1, -0.05) is 41.5 Å². The van der Waals surface area contributed by atoms with E-state index >= 15 is 0 Å². The number of hydrogen-bond acceptors (Lipinski definition) is 6. The lowest BCUT2D eigenvalue weighted by Gasteiger charge is -2.33. The maximum Gasteiger partial charge on any atom is 0.344 e. The molecule has 0 aromatic heterocycles. The topological polar surface area (TPSA) is 86.7 Å². The van der Waals surface area contributed by atoms with Crippen molar-refractivity contribution in [1.82, 2.24) is 0 Å². The molecule has 2 atom stereocenters. The van der Waals surface area contributed by atoms with Crippen LogP contribution in [0.2, 0.25) is 0 Å². The number of esters is 2. The summed E-state index contributed by atoms with van der Waals surface area (Å²) in [5.41, 5.74) is -0.334. The van der Waals surface area contributed by atoms with Gasteiger partial charge >= 0.3 is 11.9 Å². The molecule has 0 amide bonds. The van der Waals surface area contributed by atoms with Gasteiger partial charge in [-0.05, 0) is 30.1 Å². The van der Waals surface area contributed by atoms with Crippen molar-refractivity contribution in [1.29, 1.82) is 0 Å². The molecule has 0 aliphatic carbocycles. The third kappa shape index (κ3) is 8.21. The largest absolute Gasteiger partial charge is 0.459 e. The third-order valence-corrected chi connectivity index (χ3v) is 5.99. The number of ether oxygens (including phenoxy) is 2. The van der Waals surface area contributed by atoms with Crippen molar-refractivity contribution in [3.8, 4) is 0 Å². The van der Waals surface area contributed by atoms with E-state index in [4.69, 9.17) is 9.47 Å². The molecule has 1 aliphatic rings. The number of sulfone groups is 1. The molecule has 0 bridgehead atoms. The summed E-state index contributed by atoms with van der Waals surface area (Å²) in [7, 11) is -3.15. The van der Waals surface area contributed by atoms with Crippen LogP contribution in [-0.2, 0) is 28.9 Å². The van der Waals surface area contributed by atoms with E-state index in [-0.39, 0.29) is 28.3 Å². The van der Waals surface area contributed by atoms with Crippen LogP contribution in [0.4, 0.5) is 0 Å². The molecule has 0 aromatic carbocycles. The Morgan fingerprint density at radius 3 is 2.20 bits per heavy atom. The van der Waals surface area contributed by atoms with E-state index in [1.54, 1.807) is 0 Å². The molecule has 1 rings (SSSR count). The highest BCUT2D eigenvalue weighted by Crippen LogP contribution is 2.36. The minimum absolute atomic E-state index is 0.0477. The van der Waals surface area contributed by atoms with Gasteiger partial charge in [-0.3, -0.25) is 4.79 Å². The molecule has 146 valence electrons. The second-order valence-electron chi connectivity index (χ2n) is 9.16. The molecule has 25 heavy (non-hydrogen) atoms. The van der Waals surface area contributed by atoms with Crippen LogP contribution in [0.5, 0.6) is 0 Å². The van der Waals surface area contributed by atoms with Crippen molar-refractivity contribution in [2.24, 2.45) is 16.7 Å². The number of carbonyl (C=O) groups excluding carboxylic acids is 2. The summed E-state index contributed by atoms with van der Waals surface area (Å²) < 4.78 is 33.4. The van der Waals surface area contributed by atoms with Crippen LogP contribution < -0.4 is 0 Å². The number of rotatable bonds is 5. The second kappa shape index (κ2) is 8.06. The molecule has 6 nitrogen and oxygen atoms in total. The molecule has 0 N–H and O–H groups in total. The van der Waals surface area contributed by atoms with Crippen molar-refractivity contribution in [3.05, 3.63) is 0 Å². The SMILES string of the molecule is CC(C)(C)CC(C(=O)OCC(=O)OC1CCCS(=O)(=O)C1)C(C)(C)C. The number of carbonyl (C=O) groups is 2. The Kier molecular flexibility index (Phi) is 7.07. The zero-order valence-electron chi connectivity index (χ0n) is 16.3. The molecule has 0 spiro atoms. The van der Waals surface area contributed by atoms with Crippen molar-refractivity contribution in [3.63, 3.8) is 0 Å². The van der Waals surface area contributed by atoms with Gasteiger partial charge in [-0.15, -0.1) is 0 Å². The molecule has 1 aliphatic heterocycles. The fourth-order valence-corrected chi connectivity index (χ4v) is 4.45. The van der Waals surface area contributed by atoms with Gasteiger partial charge in [-0.2, -0.15) is 0 Å². The maximum absolute atomic E-state index is 12.4. The van der Waals surface area contributed by atoms with E-state index < -0.39 is 34.5 Å². The summed E-state index contributed by atoms with van der Waals surface area (Å²) in [6.45, 7) is 11.6. The van der Waals surface area contributed by atoms with E-state index in [2.05, 4.69) is 20.8 Å². The van der Waals surface area contributed by atoms with Gasteiger partial charge in [0.1, 0.15) is 6.10 Å².